The van der Waals surface area contributed by atoms with Gasteiger partial charge in [-0.3, -0.25) is 4.98 Å². The highest BCUT2D eigenvalue weighted by Gasteiger charge is 2.12. The van der Waals surface area contributed by atoms with Crippen LogP contribution in [0.15, 0.2) is 12.3 Å². The summed E-state index contributed by atoms with van der Waals surface area (Å²) in [7, 11) is 3.95. The average Bonchev–Trinajstić information content (AvgIpc) is 2.31. The number of ether oxygens (including phenoxy) is 2. The Kier molecular flexibility index (Phi) is 5.58. The van der Waals surface area contributed by atoms with E-state index in [4.69, 9.17) is 9.47 Å². The predicted octanol–water partition coefficient (Wildman–Crippen LogP) is 1.51. The minimum absolute atomic E-state index is 0.351. The van der Waals surface area contributed by atoms with Crippen molar-refractivity contribution in [3.63, 3.8) is 0 Å². The second kappa shape index (κ2) is 6.96. The zero-order valence-corrected chi connectivity index (χ0v) is 11.4. The summed E-state index contributed by atoms with van der Waals surface area (Å²) in [6, 6.07) is 1.68. The molecule has 0 N–H and O–H groups in total. The number of rotatable bonds is 6. The van der Waals surface area contributed by atoms with Gasteiger partial charge in [0.05, 0.1) is 24.1 Å². The number of aryl methyl sites for hydroxylation is 1. The third-order valence-corrected chi connectivity index (χ3v) is 2.36. The topological polar surface area (TPSA) is 51.7 Å². The van der Waals surface area contributed by atoms with Crippen molar-refractivity contribution in [3.8, 4) is 5.75 Å². The predicted molar refractivity (Wildman–Crippen MR) is 69.0 cm³/mol. The molecular weight excluding hydrogens is 232 g/mol. The Morgan fingerprint density at radius 1 is 1.44 bits per heavy atom. The summed E-state index contributed by atoms with van der Waals surface area (Å²) in [5.41, 5.74) is 1.10. The van der Waals surface area contributed by atoms with Crippen molar-refractivity contribution in [3.05, 3.63) is 23.5 Å². The summed E-state index contributed by atoms with van der Waals surface area (Å²) in [5.74, 6) is 0.228. The van der Waals surface area contributed by atoms with Crippen LogP contribution in [0, 0.1) is 6.92 Å². The molecule has 0 aromatic carbocycles. The molecule has 1 aromatic rings. The first kappa shape index (κ1) is 14.4. The van der Waals surface area contributed by atoms with Crippen LogP contribution in [-0.4, -0.2) is 49.7 Å². The van der Waals surface area contributed by atoms with Crippen LogP contribution in [0.5, 0.6) is 5.75 Å². The van der Waals surface area contributed by atoms with E-state index in [0.29, 0.717) is 30.2 Å². The second-order valence-electron chi connectivity index (χ2n) is 4.18. The van der Waals surface area contributed by atoms with E-state index in [2.05, 4.69) is 4.98 Å². The maximum atomic E-state index is 11.7. The molecule has 1 rings (SSSR count). The maximum absolute atomic E-state index is 11.7. The number of nitrogens with zero attached hydrogens (tertiary/aromatic N) is 2. The van der Waals surface area contributed by atoms with Gasteiger partial charge in [-0.2, -0.15) is 0 Å². The number of hydrogen-bond donors (Lipinski definition) is 0. The Morgan fingerprint density at radius 3 is 2.78 bits per heavy atom. The van der Waals surface area contributed by atoms with Gasteiger partial charge in [0, 0.05) is 6.54 Å². The second-order valence-corrected chi connectivity index (χ2v) is 4.18. The average molecular weight is 252 g/mol. The van der Waals surface area contributed by atoms with Crippen molar-refractivity contribution in [1.29, 1.82) is 0 Å². The van der Waals surface area contributed by atoms with E-state index in [1.54, 1.807) is 26.1 Å². The number of likely N-dealkylation sites (N-methyl/N-ethyl adjacent to an activating group) is 1. The molecule has 0 bridgehead atoms. The van der Waals surface area contributed by atoms with Gasteiger partial charge in [-0.15, -0.1) is 0 Å². The number of esters is 1. The number of aromatic nitrogens is 1. The summed E-state index contributed by atoms with van der Waals surface area (Å²) in [4.78, 5) is 17.8. The van der Waals surface area contributed by atoms with Crippen molar-refractivity contribution in [2.45, 2.75) is 13.8 Å². The van der Waals surface area contributed by atoms with Gasteiger partial charge in [0.15, 0.2) is 0 Å². The van der Waals surface area contributed by atoms with E-state index in [0.717, 1.165) is 6.54 Å². The van der Waals surface area contributed by atoms with Crippen molar-refractivity contribution in [1.82, 2.24) is 9.88 Å². The number of carbonyl (C=O) groups is 1. The number of hydrogen-bond acceptors (Lipinski definition) is 5. The third-order valence-electron chi connectivity index (χ3n) is 2.36. The molecular formula is C13H20N2O3. The fraction of sp³-hybridized carbons (Fsp3) is 0.538. The van der Waals surface area contributed by atoms with Crippen LogP contribution in [0.4, 0.5) is 0 Å². The molecule has 0 saturated carbocycles. The molecule has 0 fully saturated rings. The highest BCUT2D eigenvalue weighted by atomic mass is 16.5. The molecule has 5 nitrogen and oxygen atoms in total. The van der Waals surface area contributed by atoms with Gasteiger partial charge in [-0.05, 0) is 34.0 Å². The van der Waals surface area contributed by atoms with Gasteiger partial charge in [-0.25, -0.2) is 4.79 Å². The van der Waals surface area contributed by atoms with Crippen LogP contribution >= 0.6 is 0 Å². The van der Waals surface area contributed by atoms with E-state index >= 15 is 0 Å². The van der Waals surface area contributed by atoms with Crippen molar-refractivity contribution in [2.75, 3.05) is 33.9 Å². The standard InChI is InChI=1S/C13H20N2O3/c1-5-17-13(16)12-8-11(9-14-10(12)2)18-7-6-15(3)4/h8-9H,5-7H2,1-4H3. The zero-order chi connectivity index (χ0) is 13.5. The molecule has 0 aliphatic carbocycles. The Balaban J connectivity index is 2.71. The van der Waals surface area contributed by atoms with Gasteiger partial charge >= 0.3 is 5.97 Å². The van der Waals surface area contributed by atoms with Crippen LogP contribution in [-0.2, 0) is 4.74 Å². The van der Waals surface area contributed by atoms with Crippen LogP contribution in [0.1, 0.15) is 23.0 Å². The summed E-state index contributed by atoms with van der Waals surface area (Å²) in [5, 5.41) is 0. The fourth-order valence-corrected chi connectivity index (χ4v) is 1.35. The van der Waals surface area contributed by atoms with Crippen molar-refractivity contribution >= 4 is 5.97 Å². The van der Waals surface area contributed by atoms with Crippen LogP contribution in [0.3, 0.4) is 0 Å². The summed E-state index contributed by atoms with van der Waals surface area (Å²) in [6.07, 6.45) is 1.62. The largest absolute Gasteiger partial charge is 0.491 e. The molecule has 0 aliphatic rings. The molecule has 0 aliphatic heterocycles. The monoisotopic (exact) mass is 252 g/mol. The lowest BCUT2D eigenvalue weighted by atomic mass is 10.2. The van der Waals surface area contributed by atoms with E-state index in [9.17, 15) is 4.79 Å². The fourth-order valence-electron chi connectivity index (χ4n) is 1.35. The first-order valence-corrected chi connectivity index (χ1v) is 5.96. The SMILES string of the molecule is CCOC(=O)c1cc(OCCN(C)C)cnc1C. The molecule has 18 heavy (non-hydrogen) atoms. The molecule has 0 radical (unpaired) electrons. The van der Waals surface area contributed by atoms with Gasteiger partial charge in [0.25, 0.3) is 0 Å². The Bertz CT molecular complexity index is 405. The van der Waals surface area contributed by atoms with E-state index in [1.165, 1.54) is 0 Å². The molecule has 100 valence electrons. The van der Waals surface area contributed by atoms with Crippen LogP contribution in [0.2, 0.25) is 0 Å². The van der Waals surface area contributed by atoms with Crippen LogP contribution < -0.4 is 4.74 Å². The smallest absolute Gasteiger partial charge is 0.340 e. The Morgan fingerprint density at radius 2 is 2.17 bits per heavy atom. The van der Waals surface area contributed by atoms with Crippen LogP contribution in [0.25, 0.3) is 0 Å². The molecule has 1 aromatic heterocycles. The molecule has 1 heterocycles. The summed E-state index contributed by atoms with van der Waals surface area (Å²) >= 11 is 0. The molecule has 0 amide bonds. The van der Waals surface area contributed by atoms with E-state index in [-0.39, 0.29) is 5.97 Å². The van der Waals surface area contributed by atoms with Gasteiger partial charge < -0.3 is 14.4 Å². The first-order valence-electron chi connectivity index (χ1n) is 5.96. The van der Waals surface area contributed by atoms with Gasteiger partial charge in [0.1, 0.15) is 12.4 Å². The molecule has 0 unspecified atom stereocenters. The lowest BCUT2D eigenvalue weighted by Crippen LogP contribution is -2.19. The quantitative estimate of drug-likeness (QED) is 0.718. The molecule has 0 saturated heterocycles. The molecule has 5 heteroatoms. The minimum atomic E-state index is -0.361. The van der Waals surface area contributed by atoms with Crippen molar-refractivity contribution < 1.29 is 14.3 Å². The van der Waals surface area contributed by atoms with Crippen molar-refractivity contribution in [2.24, 2.45) is 0 Å². The number of pyridine rings is 1. The third kappa shape index (κ3) is 4.33. The van der Waals surface area contributed by atoms with E-state index in [1.807, 2.05) is 19.0 Å². The first-order chi connectivity index (χ1) is 8.54. The minimum Gasteiger partial charge on any atom is -0.491 e. The highest BCUT2D eigenvalue weighted by Crippen LogP contribution is 2.15. The highest BCUT2D eigenvalue weighted by molar-refractivity contribution is 5.90. The molecule has 0 atom stereocenters. The number of carbonyl (C=O) groups excluding carboxylic acids is 1. The lowest BCUT2D eigenvalue weighted by molar-refractivity contribution is 0.0524. The zero-order valence-electron chi connectivity index (χ0n) is 11.4. The molecule has 0 spiro atoms. The van der Waals surface area contributed by atoms with E-state index < -0.39 is 0 Å². The normalized spacial score (nSPS) is 10.5. The maximum Gasteiger partial charge on any atom is 0.340 e. The summed E-state index contributed by atoms with van der Waals surface area (Å²) in [6.45, 7) is 5.26. The van der Waals surface area contributed by atoms with Gasteiger partial charge in [-0.1, -0.05) is 0 Å². The summed E-state index contributed by atoms with van der Waals surface area (Å²) < 4.78 is 10.5. The lowest BCUT2D eigenvalue weighted by Gasteiger charge is -2.12. The Hall–Kier alpha value is -1.62. The Labute approximate surface area is 108 Å². The van der Waals surface area contributed by atoms with Gasteiger partial charge in [0.2, 0.25) is 0 Å².